The number of likely N-dealkylation sites (N-methyl/N-ethyl adjacent to an activating group) is 1. The van der Waals surface area contributed by atoms with E-state index in [0.717, 1.165) is 6.54 Å². The maximum absolute atomic E-state index is 11.4. The second-order valence-electron chi connectivity index (χ2n) is 4.30. The zero-order valence-electron chi connectivity index (χ0n) is 10.9. The number of nitrogens with one attached hydrogen (secondary N) is 3. The van der Waals surface area contributed by atoms with Gasteiger partial charge >= 0.3 is 6.09 Å². The van der Waals surface area contributed by atoms with E-state index < -0.39 is 17.0 Å². The average molecular weight is 270 g/mol. The van der Waals surface area contributed by atoms with Crippen molar-refractivity contribution in [3.63, 3.8) is 0 Å². The third kappa shape index (κ3) is 4.25. The van der Waals surface area contributed by atoms with E-state index in [-0.39, 0.29) is 24.5 Å². The molecule has 0 unspecified atom stereocenters. The third-order valence-electron chi connectivity index (χ3n) is 2.47. The molecule has 4 N–H and O–H groups in total. The van der Waals surface area contributed by atoms with Crippen molar-refractivity contribution in [3.05, 3.63) is 20.4 Å². The Morgan fingerprint density at radius 2 is 1.58 bits per heavy atom. The Bertz CT molecular complexity index is 505. The first-order valence-electron chi connectivity index (χ1n) is 5.86. The standard InChI is InChI=1S/C11H18N4O4/c1-15(2)6-5-13-8-7(9(16)10(8)17)12-3-4-14-11(18)19/h12-14H,3-6H2,1-2H3,(H,18,19). The predicted octanol–water partition coefficient (Wildman–Crippen LogP) is -1.06. The first kappa shape index (κ1) is 15.0. The summed E-state index contributed by atoms with van der Waals surface area (Å²) >= 11 is 0. The topological polar surface area (TPSA) is 111 Å². The van der Waals surface area contributed by atoms with Crippen LogP contribution in [-0.4, -0.2) is 56.4 Å². The number of carboxylic acid groups (broad SMARTS) is 1. The van der Waals surface area contributed by atoms with Gasteiger partial charge in [-0.05, 0) is 14.1 Å². The number of nitrogens with zero attached hydrogens (tertiary/aromatic N) is 1. The van der Waals surface area contributed by atoms with Crippen LogP contribution in [0.1, 0.15) is 0 Å². The molecular weight excluding hydrogens is 252 g/mol. The Kier molecular flexibility index (Phi) is 5.31. The molecule has 0 heterocycles. The first-order valence-corrected chi connectivity index (χ1v) is 5.86. The van der Waals surface area contributed by atoms with E-state index in [9.17, 15) is 14.4 Å². The largest absolute Gasteiger partial charge is 0.465 e. The molecule has 0 fully saturated rings. The first-order chi connectivity index (χ1) is 8.93. The second kappa shape index (κ2) is 6.74. The summed E-state index contributed by atoms with van der Waals surface area (Å²) < 4.78 is 0. The van der Waals surface area contributed by atoms with Crippen molar-refractivity contribution in [2.24, 2.45) is 0 Å². The third-order valence-corrected chi connectivity index (χ3v) is 2.47. The highest BCUT2D eigenvalue weighted by Gasteiger charge is 2.19. The lowest BCUT2D eigenvalue weighted by atomic mass is 10.2. The summed E-state index contributed by atoms with van der Waals surface area (Å²) in [4.78, 5) is 34.9. The molecule has 1 aromatic carbocycles. The summed E-state index contributed by atoms with van der Waals surface area (Å²) in [6.45, 7) is 1.70. The number of anilines is 2. The fraction of sp³-hybridized carbons (Fsp3) is 0.545. The highest BCUT2D eigenvalue weighted by Crippen LogP contribution is 2.13. The minimum atomic E-state index is -1.13. The van der Waals surface area contributed by atoms with Crippen molar-refractivity contribution in [1.82, 2.24) is 10.2 Å². The molecule has 0 aliphatic heterocycles. The molecule has 0 bridgehead atoms. The predicted molar refractivity (Wildman–Crippen MR) is 72.9 cm³/mol. The maximum atomic E-state index is 11.4. The molecule has 0 aliphatic rings. The van der Waals surface area contributed by atoms with Crippen LogP contribution < -0.4 is 26.8 Å². The zero-order valence-corrected chi connectivity index (χ0v) is 10.9. The van der Waals surface area contributed by atoms with Crippen LogP contribution in [0.5, 0.6) is 0 Å². The molecule has 0 aromatic heterocycles. The normalized spacial score (nSPS) is 10.7. The minimum Gasteiger partial charge on any atom is -0.465 e. The molecule has 8 nitrogen and oxygen atoms in total. The minimum absolute atomic E-state index is 0.158. The van der Waals surface area contributed by atoms with Gasteiger partial charge in [-0.1, -0.05) is 0 Å². The summed E-state index contributed by atoms with van der Waals surface area (Å²) in [6.07, 6.45) is -1.13. The quantitative estimate of drug-likeness (QED) is 0.352. The molecule has 1 rings (SSSR count). The van der Waals surface area contributed by atoms with Crippen molar-refractivity contribution in [1.29, 1.82) is 0 Å². The van der Waals surface area contributed by atoms with Crippen LogP contribution in [0.2, 0.25) is 0 Å². The molecule has 106 valence electrons. The lowest BCUT2D eigenvalue weighted by Crippen LogP contribution is -2.39. The second-order valence-corrected chi connectivity index (χ2v) is 4.30. The molecule has 0 atom stereocenters. The van der Waals surface area contributed by atoms with Crippen LogP contribution in [-0.2, 0) is 0 Å². The van der Waals surface area contributed by atoms with Crippen LogP contribution in [0.4, 0.5) is 16.2 Å². The van der Waals surface area contributed by atoms with Crippen LogP contribution >= 0.6 is 0 Å². The Labute approximate surface area is 110 Å². The number of rotatable bonds is 8. The summed E-state index contributed by atoms with van der Waals surface area (Å²) in [5.41, 5.74) is -0.590. The molecule has 19 heavy (non-hydrogen) atoms. The van der Waals surface area contributed by atoms with E-state index >= 15 is 0 Å². The van der Waals surface area contributed by atoms with Crippen molar-refractivity contribution in [3.8, 4) is 0 Å². The fourth-order valence-electron chi connectivity index (χ4n) is 1.49. The smallest absolute Gasteiger partial charge is 0.404 e. The molecule has 1 amide bonds. The summed E-state index contributed by atoms with van der Waals surface area (Å²) in [6, 6.07) is 0. The number of hydrogen-bond donors (Lipinski definition) is 4. The van der Waals surface area contributed by atoms with Crippen molar-refractivity contribution < 1.29 is 9.90 Å². The molecule has 1 aromatic rings. The maximum Gasteiger partial charge on any atom is 0.404 e. The average Bonchev–Trinajstić information content (AvgIpc) is 2.34. The van der Waals surface area contributed by atoms with Gasteiger partial charge in [0, 0.05) is 26.2 Å². The van der Waals surface area contributed by atoms with E-state index in [0.29, 0.717) is 6.54 Å². The van der Waals surface area contributed by atoms with E-state index in [1.165, 1.54) is 0 Å². The van der Waals surface area contributed by atoms with E-state index in [1.54, 1.807) is 0 Å². The van der Waals surface area contributed by atoms with Gasteiger partial charge in [-0.15, -0.1) is 0 Å². The molecule has 8 heteroatoms. The Balaban J connectivity index is 2.45. The molecule has 0 radical (unpaired) electrons. The van der Waals surface area contributed by atoms with Gasteiger partial charge in [-0.2, -0.15) is 0 Å². The molecular formula is C11H18N4O4. The fourth-order valence-corrected chi connectivity index (χ4v) is 1.49. The van der Waals surface area contributed by atoms with Gasteiger partial charge in [0.1, 0.15) is 11.4 Å². The van der Waals surface area contributed by atoms with E-state index in [4.69, 9.17) is 5.11 Å². The Morgan fingerprint density at radius 1 is 1.05 bits per heavy atom. The number of hydrogen-bond acceptors (Lipinski definition) is 6. The van der Waals surface area contributed by atoms with Crippen LogP contribution in [0, 0.1) is 0 Å². The lowest BCUT2D eigenvalue weighted by Gasteiger charge is -2.16. The Morgan fingerprint density at radius 3 is 2.05 bits per heavy atom. The van der Waals surface area contributed by atoms with Crippen LogP contribution in [0.25, 0.3) is 0 Å². The molecule has 0 spiro atoms. The van der Waals surface area contributed by atoms with E-state index in [2.05, 4.69) is 16.0 Å². The summed E-state index contributed by atoms with van der Waals surface area (Å²) in [5.74, 6) is 0. The van der Waals surface area contributed by atoms with Gasteiger partial charge in [0.25, 0.3) is 10.9 Å². The zero-order chi connectivity index (χ0) is 14.4. The number of amides is 1. The van der Waals surface area contributed by atoms with Crippen molar-refractivity contribution >= 4 is 17.5 Å². The Hall–Kier alpha value is -2.09. The van der Waals surface area contributed by atoms with Gasteiger partial charge in [0.15, 0.2) is 0 Å². The monoisotopic (exact) mass is 270 g/mol. The van der Waals surface area contributed by atoms with Gasteiger partial charge in [-0.25, -0.2) is 4.79 Å². The van der Waals surface area contributed by atoms with Gasteiger partial charge in [-0.3, -0.25) is 9.59 Å². The lowest BCUT2D eigenvalue weighted by molar-refractivity contribution is 0.195. The van der Waals surface area contributed by atoms with E-state index in [1.807, 2.05) is 19.0 Å². The van der Waals surface area contributed by atoms with Crippen LogP contribution in [0.15, 0.2) is 9.59 Å². The number of carbonyl (C=O) groups is 1. The summed E-state index contributed by atoms with van der Waals surface area (Å²) in [7, 11) is 3.81. The van der Waals surface area contributed by atoms with Crippen LogP contribution in [0.3, 0.4) is 0 Å². The summed E-state index contributed by atoms with van der Waals surface area (Å²) in [5, 5.41) is 16.2. The van der Waals surface area contributed by atoms with Gasteiger partial charge < -0.3 is 26.0 Å². The van der Waals surface area contributed by atoms with Crippen molar-refractivity contribution in [2.75, 3.05) is 50.9 Å². The van der Waals surface area contributed by atoms with Crippen molar-refractivity contribution in [2.45, 2.75) is 0 Å². The molecule has 0 saturated heterocycles. The molecule has 0 aliphatic carbocycles. The molecule has 0 saturated carbocycles. The highest BCUT2D eigenvalue weighted by molar-refractivity contribution is 5.74. The van der Waals surface area contributed by atoms with Gasteiger partial charge in [0.05, 0.1) is 0 Å². The SMILES string of the molecule is CN(C)CCNc1c(NCCNC(=O)O)c(=O)c1=O. The van der Waals surface area contributed by atoms with Gasteiger partial charge in [0.2, 0.25) is 0 Å². The highest BCUT2D eigenvalue weighted by atomic mass is 16.4.